The van der Waals surface area contributed by atoms with Gasteiger partial charge in [0.15, 0.2) is 0 Å². The lowest BCUT2D eigenvalue weighted by molar-refractivity contribution is -0.161. The Morgan fingerprint density at radius 2 is 1.71 bits per heavy atom. The van der Waals surface area contributed by atoms with Crippen LogP contribution in [0.4, 0.5) is 4.39 Å². The van der Waals surface area contributed by atoms with E-state index in [1.54, 1.807) is 11.8 Å². The van der Waals surface area contributed by atoms with Crippen molar-refractivity contribution in [3.63, 3.8) is 0 Å². The Hall–Kier alpha value is -1.75. The third kappa shape index (κ3) is 2.51. The van der Waals surface area contributed by atoms with E-state index in [9.17, 15) is 19.1 Å². The second kappa shape index (κ2) is 6.12. The summed E-state index contributed by atoms with van der Waals surface area (Å²) in [6.45, 7) is 2.56. The Bertz CT molecular complexity index is 798. The van der Waals surface area contributed by atoms with Crippen molar-refractivity contribution in [1.29, 1.82) is 0 Å². The maximum atomic E-state index is 13.7. The topological polar surface area (TPSA) is 57.6 Å². The van der Waals surface area contributed by atoms with Gasteiger partial charge in [-0.25, -0.2) is 4.39 Å². The summed E-state index contributed by atoms with van der Waals surface area (Å²) in [5.41, 5.74) is 0.521. The van der Waals surface area contributed by atoms with Crippen molar-refractivity contribution < 1.29 is 19.1 Å². The molecule has 4 aliphatic carbocycles. The van der Waals surface area contributed by atoms with Gasteiger partial charge in [-0.15, -0.1) is 0 Å². The van der Waals surface area contributed by atoms with E-state index in [0.717, 1.165) is 37.7 Å². The van der Waals surface area contributed by atoms with Crippen molar-refractivity contribution in [2.45, 2.75) is 57.0 Å². The summed E-state index contributed by atoms with van der Waals surface area (Å²) < 4.78 is 13.7. The van der Waals surface area contributed by atoms with E-state index in [-0.39, 0.29) is 34.4 Å². The minimum Gasteiger partial charge on any atom is -0.389 e. The smallest absolute Gasteiger partial charge is 0.223 e. The molecule has 0 radical (unpaired) electrons. The molecule has 1 saturated heterocycles. The number of hydrogen-bond donors (Lipinski definition) is 1. The average Bonchev–Trinajstić information content (AvgIpc) is 2.62. The molecule has 5 fully saturated rings. The minimum atomic E-state index is -0.412. The number of aliphatic hydroxyl groups is 1. The molecule has 2 unspecified atom stereocenters. The molecular formula is C23H28FNO3. The van der Waals surface area contributed by atoms with Gasteiger partial charge in [-0.1, -0.05) is 12.1 Å². The molecular weight excluding hydrogens is 357 g/mol. The van der Waals surface area contributed by atoms with Gasteiger partial charge in [0, 0.05) is 30.3 Å². The van der Waals surface area contributed by atoms with E-state index in [1.807, 2.05) is 12.1 Å². The fraction of sp³-hybridized carbons (Fsp3) is 0.652. The lowest BCUT2D eigenvalue weighted by Crippen LogP contribution is -2.63. The summed E-state index contributed by atoms with van der Waals surface area (Å²) in [6, 6.07) is 6.72. The molecule has 4 bridgehead atoms. The first kappa shape index (κ1) is 18.3. The van der Waals surface area contributed by atoms with E-state index in [1.165, 1.54) is 12.1 Å². The zero-order valence-corrected chi connectivity index (χ0v) is 16.4. The largest absolute Gasteiger partial charge is 0.389 e. The molecule has 6 rings (SSSR count). The molecule has 28 heavy (non-hydrogen) atoms. The average molecular weight is 385 g/mol. The molecule has 0 spiro atoms. The van der Waals surface area contributed by atoms with Gasteiger partial charge in [0.25, 0.3) is 0 Å². The van der Waals surface area contributed by atoms with Gasteiger partial charge in [-0.3, -0.25) is 9.59 Å². The summed E-state index contributed by atoms with van der Waals surface area (Å²) >= 11 is 0. The van der Waals surface area contributed by atoms with Crippen LogP contribution in [0.3, 0.4) is 0 Å². The van der Waals surface area contributed by atoms with Gasteiger partial charge < -0.3 is 10.0 Å². The van der Waals surface area contributed by atoms with Crippen molar-refractivity contribution in [2.75, 3.05) is 13.1 Å². The number of aliphatic hydroxyl groups excluding tert-OH is 1. The van der Waals surface area contributed by atoms with E-state index in [2.05, 4.69) is 0 Å². The van der Waals surface area contributed by atoms with Crippen LogP contribution in [-0.4, -0.2) is 40.9 Å². The number of carbonyl (C=O) groups is 2. The Kier molecular flexibility index (Phi) is 4.00. The summed E-state index contributed by atoms with van der Waals surface area (Å²) in [7, 11) is 0. The maximum Gasteiger partial charge on any atom is 0.223 e. The Balaban J connectivity index is 1.55. The SMILES string of the molecule is CC(=O)[C@]12CC3CC(C1)[C@](CC(=O)N1CC(O)C1)(c1ccc(F)cc1)C(C3)C2. The fourth-order valence-electron chi connectivity index (χ4n) is 7.17. The molecule has 1 N–H and O–H groups in total. The highest BCUT2D eigenvalue weighted by molar-refractivity contribution is 5.83. The number of Topliss-reactive ketones (excluding diaryl/α,β-unsaturated/α-hetero) is 1. The van der Waals surface area contributed by atoms with Crippen LogP contribution in [0.5, 0.6) is 0 Å². The zero-order chi connectivity index (χ0) is 19.7. The summed E-state index contributed by atoms with van der Waals surface area (Å²) in [4.78, 5) is 27.4. The highest BCUT2D eigenvalue weighted by atomic mass is 19.1. The highest BCUT2D eigenvalue weighted by Gasteiger charge is 2.64. The molecule has 5 heteroatoms. The molecule has 4 saturated carbocycles. The lowest BCUT2D eigenvalue weighted by Gasteiger charge is -2.65. The number of benzene rings is 1. The van der Waals surface area contributed by atoms with Gasteiger partial charge in [-0.05, 0) is 74.5 Å². The third-order valence-electron chi connectivity index (χ3n) is 8.43. The molecule has 1 aliphatic heterocycles. The normalized spacial score (nSPS) is 39.1. The number of amides is 1. The number of carbonyl (C=O) groups excluding carboxylic acids is 2. The summed E-state index contributed by atoms with van der Waals surface area (Å²) in [6.07, 6.45) is 4.80. The second-order valence-electron chi connectivity index (χ2n) is 9.86. The molecule has 1 amide bonds. The number of rotatable bonds is 4. The maximum absolute atomic E-state index is 13.7. The van der Waals surface area contributed by atoms with Gasteiger partial charge >= 0.3 is 0 Å². The predicted octanol–water partition coefficient (Wildman–Crippen LogP) is 3.07. The van der Waals surface area contributed by atoms with Crippen molar-refractivity contribution in [2.24, 2.45) is 23.2 Å². The molecule has 150 valence electrons. The van der Waals surface area contributed by atoms with Crippen molar-refractivity contribution in [3.8, 4) is 0 Å². The van der Waals surface area contributed by atoms with Crippen LogP contribution in [0, 0.1) is 29.0 Å². The highest BCUT2D eigenvalue weighted by Crippen LogP contribution is 2.68. The molecule has 5 aliphatic rings. The van der Waals surface area contributed by atoms with Crippen LogP contribution in [0.15, 0.2) is 24.3 Å². The van der Waals surface area contributed by atoms with Crippen LogP contribution in [0.25, 0.3) is 0 Å². The quantitative estimate of drug-likeness (QED) is 0.867. The minimum absolute atomic E-state index is 0.0824. The van der Waals surface area contributed by atoms with E-state index >= 15 is 0 Å². The molecule has 1 aromatic carbocycles. The Morgan fingerprint density at radius 1 is 1.11 bits per heavy atom. The first-order valence-corrected chi connectivity index (χ1v) is 10.6. The molecule has 0 aromatic heterocycles. The number of halogens is 1. The van der Waals surface area contributed by atoms with Crippen molar-refractivity contribution in [1.82, 2.24) is 4.90 Å². The van der Waals surface area contributed by atoms with Crippen LogP contribution in [-0.2, 0) is 15.0 Å². The lowest BCUT2D eigenvalue weighted by atomic mass is 9.38. The summed E-state index contributed by atoms with van der Waals surface area (Å²) in [5.74, 6) is 1.25. The second-order valence-corrected chi connectivity index (χ2v) is 9.86. The number of likely N-dealkylation sites (tertiary alicyclic amines) is 1. The van der Waals surface area contributed by atoms with Crippen LogP contribution >= 0.6 is 0 Å². The van der Waals surface area contributed by atoms with E-state index in [0.29, 0.717) is 31.2 Å². The Labute approximate surface area is 165 Å². The number of nitrogens with zero attached hydrogens (tertiary/aromatic N) is 1. The van der Waals surface area contributed by atoms with Gasteiger partial charge in [0.2, 0.25) is 5.91 Å². The van der Waals surface area contributed by atoms with Crippen molar-refractivity contribution in [3.05, 3.63) is 35.6 Å². The fourth-order valence-corrected chi connectivity index (χ4v) is 7.17. The molecule has 1 heterocycles. The Morgan fingerprint density at radius 3 is 2.25 bits per heavy atom. The third-order valence-corrected chi connectivity index (χ3v) is 8.43. The summed E-state index contributed by atoms with van der Waals surface area (Å²) in [5, 5.41) is 9.61. The van der Waals surface area contributed by atoms with E-state index in [4.69, 9.17) is 0 Å². The first-order chi connectivity index (χ1) is 13.3. The monoisotopic (exact) mass is 385 g/mol. The standard InChI is InChI=1S/C23H28FNO3/c1-14(26)22-8-15-6-17(9-22)23(18(7-15)10-22,16-2-4-19(24)5-3-16)11-21(28)25-12-20(27)13-25/h2-5,15,17-18,20,27H,6-13H2,1H3/t15?,17?,18?,22-,23+. The van der Waals surface area contributed by atoms with Gasteiger partial charge in [-0.2, -0.15) is 0 Å². The van der Waals surface area contributed by atoms with Crippen LogP contribution in [0.1, 0.15) is 51.0 Å². The predicted molar refractivity (Wildman–Crippen MR) is 102 cm³/mol. The van der Waals surface area contributed by atoms with Crippen LogP contribution in [0.2, 0.25) is 0 Å². The molecule has 2 atom stereocenters. The van der Waals surface area contributed by atoms with E-state index < -0.39 is 6.10 Å². The number of ketones is 1. The molecule has 4 nitrogen and oxygen atoms in total. The van der Waals surface area contributed by atoms with Gasteiger partial charge in [0.1, 0.15) is 11.6 Å². The molecule has 1 aromatic rings. The van der Waals surface area contributed by atoms with Gasteiger partial charge in [0.05, 0.1) is 6.10 Å². The number of hydrogen-bond acceptors (Lipinski definition) is 3. The van der Waals surface area contributed by atoms with Crippen molar-refractivity contribution >= 4 is 11.7 Å². The first-order valence-electron chi connectivity index (χ1n) is 10.6. The number of β-amino-alcohol motifs (C(OH)–C–C–N with tert-alkyl or cyclic N) is 1. The zero-order valence-electron chi connectivity index (χ0n) is 16.4. The van der Waals surface area contributed by atoms with Crippen LogP contribution < -0.4 is 0 Å².